The van der Waals surface area contributed by atoms with Gasteiger partial charge in [-0.3, -0.25) is 4.68 Å². The summed E-state index contributed by atoms with van der Waals surface area (Å²) >= 11 is 1.69. The number of aromatic nitrogens is 3. The molecule has 0 aliphatic carbocycles. The summed E-state index contributed by atoms with van der Waals surface area (Å²) in [7, 11) is 0. The molecule has 2 aromatic heterocycles. The Bertz CT molecular complexity index is 799. The monoisotopic (exact) mass is 310 g/mol. The Morgan fingerprint density at radius 2 is 2.09 bits per heavy atom. The van der Waals surface area contributed by atoms with Crippen molar-refractivity contribution in [1.82, 2.24) is 19.7 Å². The third-order valence-corrected chi connectivity index (χ3v) is 6.04. The van der Waals surface area contributed by atoms with Gasteiger partial charge in [0.15, 0.2) is 0 Å². The van der Waals surface area contributed by atoms with Crippen molar-refractivity contribution in [3.8, 4) is 10.6 Å². The van der Waals surface area contributed by atoms with Gasteiger partial charge in [0.2, 0.25) is 0 Å². The predicted molar refractivity (Wildman–Crippen MR) is 89.0 cm³/mol. The van der Waals surface area contributed by atoms with Crippen LogP contribution in [0.25, 0.3) is 21.5 Å². The smallest absolute Gasteiger partial charge is 0.123 e. The van der Waals surface area contributed by atoms with Gasteiger partial charge in [-0.05, 0) is 37.9 Å². The fraction of sp³-hybridized carbons (Fsp3) is 0.412. The molecule has 3 saturated heterocycles. The molecule has 0 N–H and O–H groups in total. The van der Waals surface area contributed by atoms with Gasteiger partial charge in [0.25, 0.3) is 0 Å². The van der Waals surface area contributed by atoms with E-state index in [1.165, 1.54) is 42.4 Å². The van der Waals surface area contributed by atoms with Gasteiger partial charge in [-0.25, -0.2) is 4.98 Å². The fourth-order valence-corrected chi connectivity index (χ4v) is 4.65. The van der Waals surface area contributed by atoms with Gasteiger partial charge in [-0.15, -0.1) is 11.3 Å². The highest BCUT2D eigenvalue weighted by molar-refractivity contribution is 7.13. The molecule has 4 nitrogen and oxygen atoms in total. The number of rotatable bonds is 2. The van der Waals surface area contributed by atoms with Crippen LogP contribution in [0, 0.1) is 5.92 Å². The van der Waals surface area contributed by atoms with Crippen LogP contribution < -0.4 is 0 Å². The summed E-state index contributed by atoms with van der Waals surface area (Å²) in [6, 6.07) is 7.13. The van der Waals surface area contributed by atoms with E-state index in [0.717, 1.165) is 17.5 Å². The Labute approximate surface area is 133 Å². The molecular formula is C17H18N4S. The molecule has 0 spiro atoms. The van der Waals surface area contributed by atoms with Gasteiger partial charge in [0.1, 0.15) is 5.01 Å². The highest BCUT2D eigenvalue weighted by atomic mass is 32.1. The van der Waals surface area contributed by atoms with E-state index >= 15 is 0 Å². The van der Waals surface area contributed by atoms with E-state index in [-0.39, 0.29) is 0 Å². The Hall–Kier alpha value is -1.72. The molecule has 3 fully saturated rings. The Balaban J connectivity index is 1.60. The molecule has 1 aromatic carbocycles. The average Bonchev–Trinajstić information content (AvgIpc) is 3.25. The summed E-state index contributed by atoms with van der Waals surface area (Å²) in [5, 5.41) is 9.08. The molecule has 1 atom stereocenters. The number of hydrogen-bond donors (Lipinski definition) is 0. The number of piperidine rings is 3. The van der Waals surface area contributed by atoms with Crippen LogP contribution in [-0.2, 0) is 0 Å². The zero-order valence-corrected chi connectivity index (χ0v) is 13.2. The largest absolute Gasteiger partial charge is 0.301 e. The molecule has 0 unspecified atom stereocenters. The van der Waals surface area contributed by atoms with Crippen LogP contribution in [-0.4, -0.2) is 39.3 Å². The molecule has 3 aromatic rings. The minimum atomic E-state index is 0.534. The molecule has 0 amide bonds. The Kier molecular flexibility index (Phi) is 2.85. The molecule has 112 valence electrons. The minimum Gasteiger partial charge on any atom is -0.301 e. The molecular weight excluding hydrogens is 292 g/mol. The van der Waals surface area contributed by atoms with E-state index in [9.17, 15) is 0 Å². The maximum Gasteiger partial charge on any atom is 0.123 e. The number of thiazole rings is 1. The molecule has 3 aliphatic heterocycles. The normalized spacial score (nSPS) is 27.5. The van der Waals surface area contributed by atoms with Crippen molar-refractivity contribution in [1.29, 1.82) is 0 Å². The van der Waals surface area contributed by atoms with E-state index < -0.39 is 0 Å². The highest BCUT2D eigenvalue weighted by Crippen LogP contribution is 2.37. The van der Waals surface area contributed by atoms with Crippen molar-refractivity contribution < 1.29 is 0 Å². The summed E-state index contributed by atoms with van der Waals surface area (Å²) in [5.41, 5.74) is 2.46. The van der Waals surface area contributed by atoms with Crippen molar-refractivity contribution in [2.24, 2.45) is 5.92 Å². The molecule has 6 rings (SSSR count). The second-order valence-electron chi connectivity index (χ2n) is 6.41. The topological polar surface area (TPSA) is 34.0 Å². The molecule has 2 bridgehead atoms. The average molecular weight is 310 g/mol. The summed E-state index contributed by atoms with van der Waals surface area (Å²) in [4.78, 5) is 7.02. The molecule has 5 heteroatoms. The van der Waals surface area contributed by atoms with Gasteiger partial charge < -0.3 is 4.90 Å². The van der Waals surface area contributed by atoms with E-state index in [1.807, 2.05) is 17.8 Å². The molecule has 0 saturated carbocycles. The van der Waals surface area contributed by atoms with Crippen LogP contribution in [0.5, 0.6) is 0 Å². The van der Waals surface area contributed by atoms with Gasteiger partial charge in [-0.1, -0.05) is 12.1 Å². The van der Waals surface area contributed by atoms with Gasteiger partial charge in [0, 0.05) is 29.1 Å². The summed E-state index contributed by atoms with van der Waals surface area (Å²) < 4.78 is 2.28. The van der Waals surface area contributed by atoms with Crippen molar-refractivity contribution in [2.75, 3.05) is 19.6 Å². The zero-order chi connectivity index (χ0) is 14.5. The van der Waals surface area contributed by atoms with Gasteiger partial charge >= 0.3 is 0 Å². The van der Waals surface area contributed by atoms with Crippen molar-refractivity contribution in [2.45, 2.75) is 18.9 Å². The van der Waals surface area contributed by atoms with E-state index in [1.54, 1.807) is 11.3 Å². The maximum atomic E-state index is 4.73. The predicted octanol–water partition coefficient (Wildman–Crippen LogP) is 3.43. The second-order valence-corrected chi connectivity index (χ2v) is 7.30. The van der Waals surface area contributed by atoms with Crippen molar-refractivity contribution in [3.05, 3.63) is 36.0 Å². The van der Waals surface area contributed by atoms with Crippen LogP contribution in [0.1, 0.15) is 18.9 Å². The van der Waals surface area contributed by atoms with Crippen LogP contribution in [0.2, 0.25) is 0 Å². The molecule has 22 heavy (non-hydrogen) atoms. The van der Waals surface area contributed by atoms with Crippen LogP contribution in [0.3, 0.4) is 0 Å². The Morgan fingerprint density at radius 1 is 1.18 bits per heavy atom. The van der Waals surface area contributed by atoms with E-state index in [0.29, 0.717) is 6.04 Å². The lowest BCUT2D eigenvalue weighted by atomic mass is 9.84. The Morgan fingerprint density at radius 3 is 2.82 bits per heavy atom. The lowest BCUT2D eigenvalue weighted by Crippen LogP contribution is -2.48. The third-order valence-electron chi connectivity index (χ3n) is 5.21. The molecule has 3 aliphatic rings. The highest BCUT2D eigenvalue weighted by Gasteiger charge is 2.36. The summed E-state index contributed by atoms with van der Waals surface area (Å²) in [6.07, 6.45) is 6.52. The van der Waals surface area contributed by atoms with Gasteiger partial charge in [0.05, 0.1) is 17.8 Å². The third kappa shape index (κ3) is 1.92. The first-order valence-corrected chi connectivity index (χ1v) is 8.86. The molecule has 0 radical (unpaired) electrons. The first-order chi connectivity index (χ1) is 10.9. The number of nitrogens with zero attached hydrogens (tertiary/aromatic N) is 4. The first kappa shape index (κ1) is 12.8. The first-order valence-electron chi connectivity index (χ1n) is 7.98. The number of benzene rings is 1. The number of hydrogen-bond acceptors (Lipinski definition) is 4. The SMILES string of the molecule is c1csc(-c2ccc3cnn([C@@H]4CN5CCC4CC5)c3c2)n1. The lowest BCUT2D eigenvalue weighted by Gasteiger charge is -2.44. The minimum absolute atomic E-state index is 0.534. The summed E-state index contributed by atoms with van der Waals surface area (Å²) in [5.74, 6) is 0.789. The second kappa shape index (κ2) is 4.89. The van der Waals surface area contributed by atoms with E-state index in [4.69, 9.17) is 5.10 Å². The fourth-order valence-electron chi connectivity index (χ4n) is 4.01. The van der Waals surface area contributed by atoms with Crippen LogP contribution in [0.15, 0.2) is 36.0 Å². The maximum absolute atomic E-state index is 4.73. The number of fused-ring (bicyclic) bond motifs is 4. The summed E-state index contributed by atoms with van der Waals surface area (Å²) in [6.45, 7) is 3.69. The van der Waals surface area contributed by atoms with Crippen LogP contribution >= 0.6 is 11.3 Å². The van der Waals surface area contributed by atoms with Gasteiger partial charge in [-0.2, -0.15) is 5.10 Å². The van der Waals surface area contributed by atoms with E-state index in [2.05, 4.69) is 32.8 Å². The van der Waals surface area contributed by atoms with Crippen molar-refractivity contribution in [3.63, 3.8) is 0 Å². The standard InChI is InChI=1S/C17H18N4S/c1-2-14-10-19-21(16-11-20-6-3-12(16)4-7-20)15(14)9-13(1)17-18-5-8-22-17/h1-2,5,8-10,12,16H,3-4,6-7,11H2/t16-/m1/s1. The lowest BCUT2D eigenvalue weighted by molar-refractivity contribution is 0.0534. The van der Waals surface area contributed by atoms with Crippen molar-refractivity contribution >= 4 is 22.2 Å². The van der Waals surface area contributed by atoms with Crippen LogP contribution in [0.4, 0.5) is 0 Å². The molecule has 5 heterocycles. The zero-order valence-electron chi connectivity index (χ0n) is 12.4. The quantitative estimate of drug-likeness (QED) is 0.727.